The van der Waals surface area contributed by atoms with Crippen LogP contribution in [0.4, 0.5) is 0 Å². The summed E-state index contributed by atoms with van der Waals surface area (Å²) in [5.74, 6) is 0. The summed E-state index contributed by atoms with van der Waals surface area (Å²) < 4.78 is 0. The van der Waals surface area contributed by atoms with Gasteiger partial charge in [-0.2, -0.15) is 0 Å². The minimum absolute atomic E-state index is 0. The summed E-state index contributed by atoms with van der Waals surface area (Å²) >= 11 is 0. The molecule has 0 saturated heterocycles. The van der Waals surface area contributed by atoms with Crippen LogP contribution in [-0.4, -0.2) is 7.85 Å². The maximum Gasteiger partial charge on any atom is -1.00 e. The van der Waals surface area contributed by atoms with E-state index in [9.17, 15) is 0 Å². The summed E-state index contributed by atoms with van der Waals surface area (Å²) in [6.45, 7) is 2.22. The van der Waals surface area contributed by atoms with Gasteiger partial charge >= 0.3 is 53.2 Å². The van der Waals surface area contributed by atoms with Crippen molar-refractivity contribution in [3.05, 3.63) is 0 Å². The number of halogens is 2. The Balaban J connectivity index is -0.000000245. The maximum atomic E-state index is 5.31. The molecular weight excluding hydrogens is 166 g/mol. The Morgan fingerprint density at radius 3 is 1.80 bits per heavy atom. The largest absolute Gasteiger partial charge is 1.00 e. The molecule has 0 saturated carbocycles. The Morgan fingerprint density at radius 2 is 1.40 bits per heavy atom. The molecule has 0 radical (unpaired) electrons. The van der Waals surface area contributed by atoms with E-state index in [-0.39, 0.29) is 24.8 Å². The topological polar surface area (TPSA) is 0 Å². The van der Waals surface area contributed by atoms with E-state index in [2.05, 4.69) is 6.92 Å². The van der Waals surface area contributed by atoms with E-state index in [0.29, 0.717) is 0 Å². The smallest absolute Gasteiger partial charge is 1.00 e. The molecule has 0 N–H and O–H groups in total. The molecule has 0 aromatic heterocycles. The quantitative estimate of drug-likeness (QED) is 0.305. The molecule has 0 aromatic carbocycles. The molecule has 0 rings (SSSR count). The van der Waals surface area contributed by atoms with Crippen LogP contribution in [0.1, 0.15) is 39.0 Å². The molecular formula is C7H15BCl2. The molecule has 0 aliphatic heterocycles. The predicted molar refractivity (Wildman–Crippen MR) is 39.3 cm³/mol. The molecule has 0 heterocycles. The Labute approximate surface area is 78.4 Å². The van der Waals surface area contributed by atoms with Gasteiger partial charge in [0.25, 0.3) is 0 Å². The number of hydrogen-bond acceptors (Lipinski definition) is 0. The van der Waals surface area contributed by atoms with Crippen molar-refractivity contribution in [2.75, 3.05) is 0 Å². The summed E-state index contributed by atoms with van der Waals surface area (Å²) in [6.07, 6.45) is 7.46. The van der Waals surface area contributed by atoms with Crippen LogP contribution in [0.2, 0.25) is 6.32 Å². The van der Waals surface area contributed by atoms with Crippen LogP contribution < -0.4 is 24.8 Å². The van der Waals surface area contributed by atoms with Gasteiger partial charge < -0.3 is 24.8 Å². The second-order valence-corrected chi connectivity index (χ2v) is 2.20. The molecule has 0 nitrogen and oxygen atoms in total. The van der Waals surface area contributed by atoms with Crippen LogP contribution in [0.25, 0.3) is 0 Å². The van der Waals surface area contributed by atoms with Gasteiger partial charge in [-0.15, -0.1) is 0 Å². The Hall–Kier alpha value is 0.645. The number of unbranched alkanes of at least 4 members (excludes halogenated alkanes) is 4. The fraction of sp³-hybridized carbons (Fsp3) is 1.00. The van der Waals surface area contributed by atoms with Crippen molar-refractivity contribution in [3.63, 3.8) is 0 Å². The van der Waals surface area contributed by atoms with Crippen molar-refractivity contribution in [1.82, 2.24) is 0 Å². The third-order valence-electron chi connectivity index (χ3n) is 1.31. The van der Waals surface area contributed by atoms with Gasteiger partial charge in [-0.25, -0.2) is 0 Å². The molecule has 0 aliphatic carbocycles. The third kappa shape index (κ3) is 15.9. The van der Waals surface area contributed by atoms with E-state index in [1.165, 1.54) is 32.1 Å². The van der Waals surface area contributed by atoms with Crippen molar-refractivity contribution in [1.29, 1.82) is 0 Å². The number of rotatable bonds is 5. The average Bonchev–Trinajstić information content (AvgIpc) is 1.81. The molecule has 0 atom stereocenters. The standard InChI is InChI=1S/C7H15B.2ClH/c1-2-3-4-5-6-7-8;;/h2-7H2,1H3;2*1H/q+2;;/p-2. The molecule has 60 valence electrons. The van der Waals surface area contributed by atoms with Gasteiger partial charge in [-0.1, -0.05) is 0 Å². The van der Waals surface area contributed by atoms with Gasteiger partial charge in [0.05, 0.1) is 0 Å². The van der Waals surface area contributed by atoms with Crippen molar-refractivity contribution in [2.45, 2.75) is 45.3 Å². The molecule has 3 heteroatoms. The summed E-state index contributed by atoms with van der Waals surface area (Å²) in [4.78, 5) is 0. The van der Waals surface area contributed by atoms with Crippen molar-refractivity contribution < 1.29 is 24.8 Å². The van der Waals surface area contributed by atoms with Gasteiger partial charge in [0.15, 0.2) is 0 Å². The van der Waals surface area contributed by atoms with E-state index in [0.717, 1.165) is 6.32 Å². The fourth-order valence-corrected chi connectivity index (χ4v) is 0.748. The SMILES string of the molecule is [B+2]CCCCCCC.[Cl-].[Cl-]. The van der Waals surface area contributed by atoms with Crippen LogP contribution in [0, 0.1) is 0 Å². The molecule has 0 aliphatic rings. The van der Waals surface area contributed by atoms with Crippen molar-refractivity contribution in [3.8, 4) is 0 Å². The Kier molecular flexibility index (Phi) is 27.7. The van der Waals surface area contributed by atoms with Crippen LogP contribution in [-0.2, 0) is 0 Å². The zero-order valence-electron chi connectivity index (χ0n) is 6.58. The van der Waals surface area contributed by atoms with E-state index in [4.69, 9.17) is 7.85 Å². The monoisotopic (exact) mass is 180 g/mol. The molecule has 0 unspecified atom stereocenters. The normalized spacial score (nSPS) is 7.90. The van der Waals surface area contributed by atoms with Gasteiger partial charge in [-0.05, 0) is 0 Å². The third-order valence-corrected chi connectivity index (χ3v) is 1.31. The van der Waals surface area contributed by atoms with E-state index < -0.39 is 0 Å². The molecule has 0 aromatic rings. The predicted octanol–water partition coefficient (Wildman–Crippen LogP) is -3.45. The van der Waals surface area contributed by atoms with E-state index in [1.807, 2.05) is 0 Å². The fourth-order valence-electron chi connectivity index (χ4n) is 0.748. The molecule has 0 bridgehead atoms. The van der Waals surface area contributed by atoms with Crippen molar-refractivity contribution in [2.24, 2.45) is 0 Å². The first-order valence-electron chi connectivity index (χ1n) is 3.62. The first kappa shape index (κ1) is 16.9. The average molecular weight is 181 g/mol. The minimum Gasteiger partial charge on any atom is -1.00 e. The minimum atomic E-state index is 0. The summed E-state index contributed by atoms with van der Waals surface area (Å²) in [5.41, 5.74) is 0. The Morgan fingerprint density at radius 1 is 0.900 bits per heavy atom. The zero-order valence-corrected chi connectivity index (χ0v) is 8.09. The van der Waals surface area contributed by atoms with Gasteiger partial charge in [0, 0.05) is 0 Å². The van der Waals surface area contributed by atoms with Crippen LogP contribution in [0.5, 0.6) is 0 Å². The van der Waals surface area contributed by atoms with Gasteiger partial charge in [0.2, 0.25) is 0 Å². The zero-order chi connectivity index (χ0) is 6.24. The second kappa shape index (κ2) is 16.3. The van der Waals surface area contributed by atoms with Gasteiger partial charge in [-0.3, -0.25) is 0 Å². The van der Waals surface area contributed by atoms with Crippen molar-refractivity contribution >= 4 is 7.85 Å². The molecule has 0 fully saturated rings. The van der Waals surface area contributed by atoms with E-state index in [1.54, 1.807) is 0 Å². The first-order valence-corrected chi connectivity index (χ1v) is 3.62. The maximum absolute atomic E-state index is 5.31. The number of hydrogen-bond donors (Lipinski definition) is 0. The van der Waals surface area contributed by atoms with Crippen LogP contribution in [0.3, 0.4) is 0 Å². The van der Waals surface area contributed by atoms with Crippen LogP contribution >= 0.6 is 0 Å². The van der Waals surface area contributed by atoms with Crippen LogP contribution in [0.15, 0.2) is 0 Å². The van der Waals surface area contributed by atoms with Gasteiger partial charge in [0.1, 0.15) is 0 Å². The summed E-state index contributed by atoms with van der Waals surface area (Å²) in [5, 5.41) is 0. The molecule has 10 heavy (non-hydrogen) atoms. The molecule has 0 amide bonds. The molecule has 0 spiro atoms. The summed E-state index contributed by atoms with van der Waals surface area (Å²) in [7, 11) is 5.31. The van der Waals surface area contributed by atoms with E-state index >= 15 is 0 Å². The second-order valence-electron chi connectivity index (χ2n) is 2.20. The first-order chi connectivity index (χ1) is 3.91. The summed E-state index contributed by atoms with van der Waals surface area (Å²) in [6, 6.07) is 0. The Bertz CT molecular complexity index is 36.6.